The molecule has 4 aromatic rings. The van der Waals surface area contributed by atoms with Crippen molar-refractivity contribution in [3.8, 4) is 11.5 Å². The van der Waals surface area contributed by atoms with Gasteiger partial charge in [0.05, 0.1) is 26.0 Å². The number of morpholine rings is 1. The molecule has 3 heterocycles. The Labute approximate surface area is 362 Å². The van der Waals surface area contributed by atoms with Gasteiger partial charge in [0, 0.05) is 70.2 Å². The maximum absolute atomic E-state index is 12.7. The molecule has 0 saturated carbocycles. The Bertz CT molecular complexity index is 2310. The summed E-state index contributed by atoms with van der Waals surface area (Å²) < 4.78 is 18.3. The van der Waals surface area contributed by atoms with E-state index < -0.39 is 0 Å². The van der Waals surface area contributed by atoms with Crippen LogP contribution in [0.25, 0.3) is 23.3 Å². The molecule has 7 rings (SSSR count). The molecule has 0 radical (unpaired) electrons. The molecule has 1 saturated heterocycles. The average Bonchev–Trinajstić information content (AvgIpc) is 3.67. The van der Waals surface area contributed by atoms with Crippen LogP contribution in [0.15, 0.2) is 71.2 Å². The molecule has 0 aromatic heterocycles. The van der Waals surface area contributed by atoms with Crippen LogP contribution in [-0.4, -0.2) is 69.2 Å². The number of ether oxygens (including phenoxy) is 3. The zero-order valence-corrected chi connectivity index (χ0v) is 37.8. The highest BCUT2D eigenvalue weighted by molar-refractivity contribution is 9.10. The van der Waals surface area contributed by atoms with Crippen LogP contribution in [0.5, 0.6) is 11.5 Å². The number of halogens is 1. The minimum absolute atomic E-state index is 0.0638. The molecule has 3 aliphatic rings. The first-order valence-corrected chi connectivity index (χ1v) is 21.4. The van der Waals surface area contributed by atoms with Crippen molar-refractivity contribution < 1.29 is 28.6 Å². The van der Waals surface area contributed by atoms with E-state index >= 15 is 0 Å². The van der Waals surface area contributed by atoms with Crippen molar-refractivity contribution in [3.05, 3.63) is 110 Å². The fraction of sp³-hybridized carbons (Fsp3) is 0.367. The van der Waals surface area contributed by atoms with Crippen molar-refractivity contribution in [2.24, 2.45) is 0 Å². The maximum atomic E-state index is 12.7. The van der Waals surface area contributed by atoms with Gasteiger partial charge in [-0.25, -0.2) is 0 Å². The van der Waals surface area contributed by atoms with Gasteiger partial charge >= 0.3 is 0 Å². The molecule has 316 valence electrons. The Kier molecular flexibility index (Phi) is 14.0. The van der Waals surface area contributed by atoms with Gasteiger partial charge in [0.15, 0.2) is 0 Å². The van der Waals surface area contributed by atoms with Crippen LogP contribution in [0.1, 0.15) is 106 Å². The number of nitrogens with zero attached hydrogens (tertiary/aromatic N) is 1. The number of carbonyl (C=O) groups is 3. The van der Waals surface area contributed by atoms with E-state index in [4.69, 9.17) is 14.2 Å². The van der Waals surface area contributed by atoms with Crippen molar-refractivity contribution in [3.63, 3.8) is 0 Å². The number of nitrogens with one attached hydrogen (secondary N) is 3. The number of benzene rings is 4. The molecular formula is C49H57BrN4O6. The minimum atomic E-state index is -0.155. The molecule has 0 bridgehead atoms. The third-order valence-electron chi connectivity index (χ3n) is 10.7. The fourth-order valence-corrected chi connectivity index (χ4v) is 7.95. The number of hydrogen-bond donors (Lipinski definition) is 3. The number of carbonyl (C=O) groups excluding carboxylic acids is 3. The highest BCUT2D eigenvalue weighted by Crippen LogP contribution is 2.40. The van der Waals surface area contributed by atoms with Crippen molar-refractivity contribution in [2.75, 3.05) is 62.5 Å². The summed E-state index contributed by atoms with van der Waals surface area (Å²) in [6.45, 7) is 21.5. The summed E-state index contributed by atoms with van der Waals surface area (Å²) in [5.74, 6) is 2.13. The summed E-state index contributed by atoms with van der Waals surface area (Å²) in [5.41, 5.74) is 10.5. The first-order valence-electron chi connectivity index (χ1n) is 20.6. The van der Waals surface area contributed by atoms with Crippen LogP contribution in [0.4, 0.5) is 17.1 Å². The van der Waals surface area contributed by atoms with Gasteiger partial charge in [-0.05, 0) is 106 Å². The number of fused-ring (bicyclic) bond motifs is 2. The second-order valence-electron chi connectivity index (χ2n) is 17.0. The normalized spacial score (nSPS) is 16.3. The van der Waals surface area contributed by atoms with E-state index in [-0.39, 0.29) is 23.1 Å². The maximum Gasteiger partial charge on any atom is 0.256 e. The number of amides is 3. The molecular weight excluding hydrogens is 820 g/mol. The van der Waals surface area contributed by atoms with Crippen molar-refractivity contribution in [2.45, 2.75) is 72.6 Å². The SMILES string of the molecule is CC(=O)Nc1ccc2c(c1)NC(=O)C2=Cc1ccc(OCCN2CCOCC2)c(C(C)(C)C)c1.COc1c(C(C)C)cc(C=C2C(=O)Nc3ccc(Br)cc32)cc1C(C)C. The predicted molar refractivity (Wildman–Crippen MR) is 247 cm³/mol. The van der Waals surface area contributed by atoms with Crippen LogP contribution < -0.4 is 25.4 Å². The lowest BCUT2D eigenvalue weighted by Crippen LogP contribution is -2.38. The standard InChI is InChI=1S/C27H33N3O4.C22H24BrNO2/c1-18(31)28-20-6-7-21-22(26(32)29-24(21)17-20)15-19-5-8-25(23(16-19)27(2,3)4)34-14-11-30-9-12-33-13-10-30;1-12(2)16-8-14(9-17(13(3)4)21(16)26-5)10-19-18-11-15(23)6-7-20(18)24-22(19)25/h5-8,15-17H,9-14H2,1-4H3,(H,28,31)(H,29,32);6-13H,1-5H3,(H,24,25). The number of hydrogen-bond acceptors (Lipinski definition) is 7. The molecule has 0 spiro atoms. The van der Waals surface area contributed by atoms with E-state index in [9.17, 15) is 14.4 Å². The molecule has 1 fully saturated rings. The molecule has 4 aromatic carbocycles. The van der Waals surface area contributed by atoms with Gasteiger partial charge in [-0.3, -0.25) is 19.3 Å². The minimum Gasteiger partial charge on any atom is -0.496 e. The zero-order chi connectivity index (χ0) is 43.3. The topological polar surface area (TPSA) is 118 Å². The molecule has 3 aliphatic heterocycles. The second-order valence-corrected chi connectivity index (χ2v) is 17.9. The van der Waals surface area contributed by atoms with Gasteiger partial charge in [-0.2, -0.15) is 0 Å². The Morgan fingerprint density at radius 3 is 2.08 bits per heavy atom. The largest absolute Gasteiger partial charge is 0.496 e. The smallest absolute Gasteiger partial charge is 0.256 e. The molecule has 60 heavy (non-hydrogen) atoms. The summed E-state index contributed by atoms with van der Waals surface area (Å²) in [7, 11) is 1.73. The van der Waals surface area contributed by atoms with Crippen LogP contribution in [-0.2, 0) is 24.5 Å². The highest BCUT2D eigenvalue weighted by atomic mass is 79.9. The van der Waals surface area contributed by atoms with E-state index in [2.05, 4.69) is 103 Å². The molecule has 11 heteroatoms. The summed E-state index contributed by atoms with van der Waals surface area (Å²) in [6, 6.07) is 21.6. The molecule has 0 atom stereocenters. The van der Waals surface area contributed by atoms with Crippen LogP contribution in [0.3, 0.4) is 0 Å². The molecule has 3 N–H and O–H groups in total. The first-order chi connectivity index (χ1) is 28.5. The van der Waals surface area contributed by atoms with E-state index in [1.807, 2.05) is 48.6 Å². The van der Waals surface area contributed by atoms with Crippen molar-refractivity contribution in [1.82, 2.24) is 4.90 Å². The van der Waals surface area contributed by atoms with Gasteiger partial charge in [0.25, 0.3) is 11.8 Å². The summed E-state index contributed by atoms with van der Waals surface area (Å²) in [6.07, 6.45) is 3.89. The Hall–Kier alpha value is -5.23. The quantitative estimate of drug-likeness (QED) is 0.136. The summed E-state index contributed by atoms with van der Waals surface area (Å²) in [4.78, 5) is 38.9. The fourth-order valence-electron chi connectivity index (χ4n) is 7.59. The Balaban J connectivity index is 0.000000209. The van der Waals surface area contributed by atoms with Crippen molar-refractivity contribution in [1.29, 1.82) is 0 Å². The Morgan fingerprint density at radius 2 is 1.47 bits per heavy atom. The molecule has 3 amide bonds. The van der Waals surface area contributed by atoms with E-state index in [0.717, 1.165) is 82.3 Å². The first kappa shape index (κ1) is 44.3. The van der Waals surface area contributed by atoms with E-state index in [0.29, 0.717) is 41.0 Å². The summed E-state index contributed by atoms with van der Waals surface area (Å²) in [5, 5.41) is 8.59. The van der Waals surface area contributed by atoms with E-state index in [1.165, 1.54) is 18.1 Å². The van der Waals surface area contributed by atoms with Crippen molar-refractivity contribution >= 4 is 74.0 Å². The molecule has 0 unspecified atom stereocenters. The lowest BCUT2D eigenvalue weighted by atomic mass is 9.85. The summed E-state index contributed by atoms with van der Waals surface area (Å²) >= 11 is 3.50. The predicted octanol–water partition coefficient (Wildman–Crippen LogP) is 10.3. The molecule has 10 nitrogen and oxygen atoms in total. The lowest BCUT2D eigenvalue weighted by Gasteiger charge is -2.27. The number of rotatable bonds is 10. The van der Waals surface area contributed by atoms with Crippen LogP contribution >= 0.6 is 15.9 Å². The average molecular weight is 878 g/mol. The number of anilines is 3. The van der Waals surface area contributed by atoms with Gasteiger partial charge in [-0.15, -0.1) is 0 Å². The van der Waals surface area contributed by atoms with Gasteiger partial charge in [0.1, 0.15) is 18.1 Å². The monoisotopic (exact) mass is 876 g/mol. The Morgan fingerprint density at radius 1 is 0.833 bits per heavy atom. The lowest BCUT2D eigenvalue weighted by molar-refractivity contribution is -0.114. The highest BCUT2D eigenvalue weighted by Gasteiger charge is 2.27. The third-order valence-corrected chi connectivity index (χ3v) is 11.2. The van der Waals surface area contributed by atoms with Crippen LogP contribution in [0.2, 0.25) is 0 Å². The van der Waals surface area contributed by atoms with Crippen LogP contribution in [0, 0.1) is 0 Å². The van der Waals surface area contributed by atoms with Gasteiger partial charge < -0.3 is 30.2 Å². The second kappa shape index (κ2) is 19.0. The molecule has 0 aliphatic carbocycles. The van der Waals surface area contributed by atoms with Gasteiger partial charge in [0.2, 0.25) is 5.91 Å². The van der Waals surface area contributed by atoms with E-state index in [1.54, 1.807) is 19.2 Å². The zero-order valence-electron chi connectivity index (χ0n) is 36.2. The van der Waals surface area contributed by atoms with Gasteiger partial charge in [-0.1, -0.05) is 76.5 Å². The number of methoxy groups -OCH3 is 1. The third kappa shape index (κ3) is 10.6.